The summed E-state index contributed by atoms with van der Waals surface area (Å²) in [6, 6.07) is 3.77. The van der Waals surface area contributed by atoms with Crippen LogP contribution in [0.2, 0.25) is 0 Å². The van der Waals surface area contributed by atoms with Crippen LogP contribution in [0.15, 0.2) is 18.7 Å². The number of ether oxygens (including phenoxy) is 2. The second-order valence-electron chi connectivity index (χ2n) is 10.3. The second-order valence-corrected chi connectivity index (χ2v) is 10.3. The van der Waals surface area contributed by atoms with Gasteiger partial charge in [0.1, 0.15) is 0 Å². The van der Waals surface area contributed by atoms with Crippen molar-refractivity contribution in [1.29, 1.82) is 0 Å². The van der Waals surface area contributed by atoms with E-state index >= 15 is 0 Å². The Bertz CT molecular complexity index is 766. The smallest absolute Gasteiger partial charge is 0.166 e. The van der Waals surface area contributed by atoms with Crippen LogP contribution >= 0.6 is 0 Å². The van der Waals surface area contributed by atoms with Crippen LogP contribution in [-0.4, -0.2) is 30.0 Å². The number of methoxy groups -OCH3 is 2. The Labute approximate surface area is 175 Å². The van der Waals surface area contributed by atoms with Crippen LogP contribution in [0.1, 0.15) is 77.0 Å². The zero-order chi connectivity index (χ0) is 21.6. The molecule has 0 saturated heterocycles. The maximum Gasteiger partial charge on any atom is 0.166 e. The Balaban J connectivity index is 2.15. The number of rotatable bonds is 5. The lowest BCUT2D eigenvalue weighted by atomic mass is 9.44. The van der Waals surface area contributed by atoms with Gasteiger partial charge in [0.2, 0.25) is 0 Å². The summed E-state index contributed by atoms with van der Waals surface area (Å²) < 4.78 is 11.2. The van der Waals surface area contributed by atoms with Crippen LogP contribution in [0.3, 0.4) is 0 Å². The first-order valence-electron chi connectivity index (χ1n) is 10.8. The fourth-order valence-corrected chi connectivity index (χ4v) is 6.79. The summed E-state index contributed by atoms with van der Waals surface area (Å²) in [6.07, 6.45) is 5.89. The van der Waals surface area contributed by atoms with Crippen molar-refractivity contribution < 1.29 is 19.7 Å². The van der Waals surface area contributed by atoms with Gasteiger partial charge in [0.05, 0.1) is 25.9 Å². The van der Waals surface area contributed by atoms with E-state index in [2.05, 4.69) is 27.4 Å². The molecule has 0 amide bonds. The third kappa shape index (κ3) is 3.59. The predicted molar refractivity (Wildman–Crippen MR) is 117 cm³/mol. The minimum atomic E-state index is -0.958. The maximum absolute atomic E-state index is 11.8. The number of benzene rings is 1. The average Bonchev–Trinajstić information content (AvgIpc) is 2.64. The number of aliphatic hydroxyl groups is 2. The summed E-state index contributed by atoms with van der Waals surface area (Å²) in [6.45, 7) is 12.7. The average molecular weight is 403 g/mol. The molecule has 2 N–H and O–H groups in total. The molecule has 0 aliphatic heterocycles. The molecule has 1 unspecified atom stereocenters. The van der Waals surface area contributed by atoms with E-state index in [0.717, 1.165) is 24.8 Å². The lowest BCUT2D eigenvalue weighted by Gasteiger charge is -2.62. The first kappa shape index (κ1) is 22.2. The number of hydrogen-bond donors (Lipinski definition) is 2. The Hall–Kier alpha value is -1.52. The van der Waals surface area contributed by atoms with Crippen molar-refractivity contribution in [3.8, 4) is 11.5 Å². The third-order valence-corrected chi connectivity index (χ3v) is 8.00. The van der Waals surface area contributed by atoms with Crippen LogP contribution in [0, 0.1) is 22.7 Å². The summed E-state index contributed by atoms with van der Waals surface area (Å²) in [5.74, 6) is 1.26. The molecule has 4 nitrogen and oxygen atoms in total. The van der Waals surface area contributed by atoms with E-state index in [4.69, 9.17) is 9.47 Å². The van der Waals surface area contributed by atoms with E-state index in [0.29, 0.717) is 29.4 Å². The molecule has 0 spiro atoms. The first-order chi connectivity index (χ1) is 13.5. The first-order valence-corrected chi connectivity index (χ1v) is 10.8. The molecule has 1 aromatic rings. The molecule has 2 saturated carbocycles. The molecule has 2 aliphatic rings. The van der Waals surface area contributed by atoms with Crippen LogP contribution in [-0.2, 0) is 0 Å². The zero-order valence-electron chi connectivity index (χ0n) is 18.9. The fraction of sp³-hybridized carbons (Fsp3) is 0.680. The van der Waals surface area contributed by atoms with E-state index in [1.807, 2.05) is 19.1 Å². The highest BCUT2D eigenvalue weighted by Gasteiger charge is 2.60. The molecule has 2 aliphatic carbocycles. The van der Waals surface area contributed by atoms with Crippen LogP contribution in [0.25, 0.3) is 6.08 Å². The van der Waals surface area contributed by atoms with Crippen molar-refractivity contribution in [2.24, 2.45) is 22.7 Å². The molecule has 162 valence electrons. The largest absolute Gasteiger partial charge is 0.493 e. The van der Waals surface area contributed by atoms with E-state index in [9.17, 15) is 10.2 Å². The Morgan fingerprint density at radius 3 is 2.38 bits per heavy atom. The van der Waals surface area contributed by atoms with Crippen molar-refractivity contribution in [2.45, 2.75) is 71.5 Å². The zero-order valence-corrected chi connectivity index (χ0v) is 18.9. The number of aliphatic hydroxyl groups excluding tert-OH is 1. The van der Waals surface area contributed by atoms with Crippen molar-refractivity contribution in [1.82, 2.24) is 0 Å². The van der Waals surface area contributed by atoms with Gasteiger partial charge in [0, 0.05) is 11.5 Å². The van der Waals surface area contributed by atoms with E-state index in [1.165, 1.54) is 6.42 Å². The molecular weight excluding hydrogens is 364 g/mol. The number of fused-ring (bicyclic) bond motifs is 1. The summed E-state index contributed by atoms with van der Waals surface area (Å²) >= 11 is 0. The van der Waals surface area contributed by atoms with Crippen LogP contribution < -0.4 is 9.47 Å². The molecule has 5 atom stereocenters. The topological polar surface area (TPSA) is 58.9 Å². The third-order valence-electron chi connectivity index (χ3n) is 8.00. The molecule has 0 aromatic heterocycles. The van der Waals surface area contributed by atoms with Crippen molar-refractivity contribution in [3.63, 3.8) is 0 Å². The van der Waals surface area contributed by atoms with Gasteiger partial charge in [-0.15, -0.1) is 0 Å². The maximum atomic E-state index is 11.8. The monoisotopic (exact) mass is 402 g/mol. The number of hydrogen-bond acceptors (Lipinski definition) is 4. The second kappa shape index (κ2) is 7.63. The molecule has 1 aromatic carbocycles. The highest BCUT2D eigenvalue weighted by molar-refractivity contribution is 5.59. The molecule has 4 heteroatoms. The Kier molecular flexibility index (Phi) is 5.83. The standard InChI is InChI=1S/C25H38O4/c1-8-16-14-17(21(29-7)18(15-16)28-6)20(26)22-24(4)12-9-11-23(2,3)19(24)10-13-25(22,5)27/h8,14-15,19-20,22,26-27H,1,9-13H2,2-7H3/t19?,20-,22-,24+,25-/m1/s1. The van der Waals surface area contributed by atoms with Crippen molar-refractivity contribution in [3.05, 3.63) is 29.8 Å². The Morgan fingerprint density at radius 1 is 1.10 bits per heavy atom. The van der Waals surface area contributed by atoms with Crippen molar-refractivity contribution >= 4 is 6.08 Å². The summed E-state index contributed by atoms with van der Waals surface area (Å²) in [4.78, 5) is 0. The van der Waals surface area contributed by atoms with Gasteiger partial charge in [-0.2, -0.15) is 0 Å². The summed E-state index contributed by atoms with van der Waals surface area (Å²) in [5, 5.41) is 23.3. The molecule has 0 heterocycles. The predicted octanol–water partition coefficient (Wildman–Crippen LogP) is 5.37. The van der Waals surface area contributed by atoms with E-state index in [1.54, 1.807) is 20.3 Å². The lowest BCUT2D eigenvalue weighted by molar-refractivity contribution is -0.201. The minimum Gasteiger partial charge on any atom is -0.493 e. The van der Waals surface area contributed by atoms with Gasteiger partial charge in [-0.3, -0.25) is 0 Å². The Morgan fingerprint density at radius 2 is 1.79 bits per heavy atom. The van der Waals surface area contributed by atoms with Gasteiger partial charge in [0.25, 0.3) is 0 Å². The van der Waals surface area contributed by atoms with Gasteiger partial charge >= 0.3 is 0 Å². The van der Waals surface area contributed by atoms with E-state index < -0.39 is 11.7 Å². The quantitative estimate of drug-likeness (QED) is 0.695. The van der Waals surface area contributed by atoms with Gasteiger partial charge in [-0.25, -0.2) is 0 Å². The van der Waals surface area contributed by atoms with Gasteiger partial charge < -0.3 is 19.7 Å². The van der Waals surface area contributed by atoms with Gasteiger partial charge in [0.15, 0.2) is 11.5 Å². The highest BCUT2D eigenvalue weighted by atomic mass is 16.5. The summed E-state index contributed by atoms with van der Waals surface area (Å²) in [7, 11) is 3.19. The van der Waals surface area contributed by atoms with E-state index in [-0.39, 0.29) is 16.7 Å². The normalized spacial score (nSPS) is 34.8. The van der Waals surface area contributed by atoms with Crippen LogP contribution in [0.5, 0.6) is 11.5 Å². The molecule has 2 fully saturated rings. The fourth-order valence-electron chi connectivity index (χ4n) is 6.79. The molecule has 0 bridgehead atoms. The molecule has 3 rings (SSSR count). The van der Waals surface area contributed by atoms with Gasteiger partial charge in [-0.1, -0.05) is 39.8 Å². The minimum absolute atomic E-state index is 0.161. The summed E-state index contributed by atoms with van der Waals surface area (Å²) in [5.41, 5.74) is 0.605. The highest BCUT2D eigenvalue weighted by Crippen LogP contribution is 2.64. The lowest BCUT2D eigenvalue weighted by Crippen LogP contribution is -2.59. The molecule has 29 heavy (non-hydrogen) atoms. The SMILES string of the molecule is C=Cc1cc(OC)c(OC)c([C@@H](O)[C@@H]2[C@@]3(C)CCCC(C)(C)C3CC[C@@]2(C)O)c1. The molecular formula is C25H38O4. The van der Waals surface area contributed by atoms with Crippen molar-refractivity contribution in [2.75, 3.05) is 14.2 Å². The molecule has 0 radical (unpaired) electrons. The van der Waals surface area contributed by atoms with Crippen LogP contribution in [0.4, 0.5) is 0 Å². The van der Waals surface area contributed by atoms with Gasteiger partial charge in [-0.05, 0) is 67.1 Å².